The second kappa shape index (κ2) is 9.17. The van der Waals surface area contributed by atoms with E-state index in [9.17, 15) is 4.79 Å². The number of hydrogen-bond donors (Lipinski definition) is 0. The van der Waals surface area contributed by atoms with Gasteiger partial charge < -0.3 is 9.30 Å². The van der Waals surface area contributed by atoms with Crippen LogP contribution < -0.4 is 0 Å². The van der Waals surface area contributed by atoms with Crippen LogP contribution in [0.3, 0.4) is 0 Å². The van der Waals surface area contributed by atoms with Crippen LogP contribution in [0, 0.1) is 20.8 Å². The highest BCUT2D eigenvalue weighted by Crippen LogP contribution is 2.23. The highest BCUT2D eigenvalue weighted by Gasteiger charge is 2.16. The van der Waals surface area contributed by atoms with Crippen LogP contribution in [-0.4, -0.2) is 39.8 Å². The first-order chi connectivity index (χ1) is 13.5. The van der Waals surface area contributed by atoms with Crippen LogP contribution in [0.15, 0.2) is 47.6 Å². The number of benzene rings is 1. The number of ether oxygens (including phenoxy) is 1. The van der Waals surface area contributed by atoms with Crippen molar-refractivity contribution in [3.05, 3.63) is 65.1 Å². The van der Waals surface area contributed by atoms with Gasteiger partial charge >= 0.3 is 0 Å². The van der Waals surface area contributed by atoms with Crippen LogP contribution >= 0.6 is 11.8 Å². The van der Waals surface area contributed by atoms with Crippen LogP contribution in [0.25, 0.3) is 11.3 Å². The summed E-state index contributed by atoms with van der Waals surface area (Å²) in [4.78, 5) is 21.9. The molecule has 0 unspecified atom stereocenters. The van der Waals surface area contributed by atoms with Gasteiger partial charge in [-0.25, -0.2) is 9.97 Å². The number of ketones is 1. The van der Waals surface area contributed by atoms with Crippen molar-refractivity contribution in [1.29, 1.82) is 0 Å². The number of carbonyl (C=O) groups excluding carboxylic acids is 1. The predicted octanol–water partition coefficient (Wildman–Crippen LogP) is 4.49. The van der Waals surface area contributed by atoms with E-state index in [0.29, 0.717) is 17.5 Å². The van der Waals surface area contributed by atoms with Gasteiger partial charge in [0, 0.05) is 41.9 Å². The first-order valence-corrected chi connectivity index (χ1v) is 10.2. The Kier molecular flexibility index (Phi) is 6.65. The zero-order valence-electron chi connectivity index (χ0n) is 16.7. The fourth-order valence-corrected chi connectivity index (χ4v) is 3.97. The van der Waals surface area contributed by atoms with E-state index >= 15 is 0 Å². The number of hydrogen-bond acceptors (Lipinski definition) is 5. The van der Waals surface area contributed by atoms with Crippen LogP contribution in [0.4, 0.5) is 0 Å². The Hall–Kier alpha value is -2.44. The summed E-state index contributed by atoms with van der Waals surface area (Å²) >= 11 is 1.38. The third-order valence-electron chi connectivity index (χ3n) is 4.63. The van der Waals surface area contributed by atoms with Crippen LogP contribution in [0.1, 0.15) is 27.4 Å². The highest BCUT2D eigenvalue weighted by molar-refractivity contribution is 7.99. The van der Waals surface area contributed by atoms with Gasteiger partial charge in [-0.2, -0.15) is 0 Å². The molecule has 3 rings (SSSR count). The van der Waals surface area contributed by atoms with Gasteiger partial charge in [0.15, 0.2) is 10.9 Å². The first-order valence-electron chi connectivity index (χ1n) is 9.22. The van der Waals surface area contributed by atoms with Gasteiger partial charge in [-0.1, -0.05) is 42.1 Å². The van der Waals surface area contributed by atoms with Gasteiger partial charge in [0.1, 0.15) is 0 Å². The lowest BCUT2D eigenvalue weighted by atomic mass is 10.1. The zero-order chi connectivity index (χ0) is 20.1. The summed E-state index contributed by atoms with van der Waals surface area (Å²) in [6, 6.07) is 13.9. The molecule has 0 radical (unpaired) electrons. The number of carbonyl (C=O) groups is 1. The molecule has 5 nitrogen and oxygen atoms in total. The van der Waals surface area contributed by atoms with Gasteiger partial charge in [0.05, 0.1) is 18.1 Å². The van der Waals surface area contributed by atoms with Crippen molar-refractivity contribution in [2.24, 2.45) is 0 Å². The SMILES string of the molecule is COCCn1c(C)cc(C(=O)CSc2nc(C)cc(-c3ccccc3)n2)c1C. The molecule has 146 valence electrons. The predicted molar refractivity (Wildman–Crippen MR) is 113 cm³/mol. The maximum absolute atomic E-state index is 12.8. The molecule has 0 amide bonds. The van der Waals surface area contributed by atoms with Crippen molar-refractivity contribution in [3.8, 4) is 11.3 Å². The van der Waals surface area contributed by atoms with Crippen molar-refractivity contribution >= 4 is 17.5 Å². The molecule has 0 fully saturated rings. The Morgan fingerprint density at radius 1 is 1.11 bits per heavy atom. The molecule has 0 aliphatic heterocycles. The van der Waals surface area contributed by atoms with Crippen molar-refractivity contribution in [2.45, 2.75) is 32.5 Å². The lowest BCUT2D eigenvalue weighted by molar-refractivity contribution is 0.102. The molecule has 0 aliphatic carbocycles. The Bertz CT molecular complexity index is 967. The quantitative estimate of drug-likeness (QED) is 0.319. The van der Waals surface area contributed by atoms with Crippen LogP contribution in [0.5, 0.6) is 0 Å². The number of Topliss-reactive ketones (excluding diaryl/α,β-unsaturated/α-hetero) is 1. The van der Waals surface area contributed by atoms with Gasteiger partial charge in [0.2, 0.25) is 0 Å². The van der Waals surface area contributed by atoms with Crippen LogP contribution in [0.2, 0.25) is 0 Å². The number of rotatable bonds is 8. The van der Waals surface area contributed by atoms with E-state index < -0.39 is 0 Å². The smallest absolute Gasteiger partial charge is 0.188 e. The lowest BCUT2D eigenvalue weighted by Gasteiger charge is -2.09. The van der Waals surface area contributed by atoms with Gasteiger partial charge in [-0.3, -0.25) is 4.79 Å². The summed E-state index contributed by atoms with van der Waals surface area (Å²) in [6.45, 7) is 7.32. The lowest BCUT2D eigenvalue weighted by Crippen LogP contribution is -2.10. The second-order valence-electron chi connectivity index (χ2n) is 6.68. The number of nitrogens with zero attached hydrogens (tertiary/aromatic N) is 3. The van der Waals surface area contributed by atoms with E-state index in [0.717, 1.165) is 40.4 Å². The van der Waals surface area contributed by atoms with Gasteiger partial charge in [-0.05, 0) is 32.9 Å². The van der Waals surface area contributed by atoms with E-state index in [1.807, 2.05) is 63.2 Å². The fraction of sp³-hybridized carbons (Fsp3) is 0.318. The molecule has 0 aliphatic rings. The average molecular weight is 396 g/mol. The molecule has 3 aromatic rings. The van der Waals surface area contributed by atoms with Gasteiger partial charge in [-0.15, -0.1) is 0 Å². The minimum Gasteiger partial charge on any atom is -0.383 e. The summed E-state index contributed by atoms with van der Waals surface area (Å²) in [5, 5.41) is 0.625. The maximum atomic E-state index is 12.8. The van der Waals surface area contributed by atoms with E-state index in [1.165, 1.54) is 11.8 Å². The summed E-state index contributed by atoms with van der Waals surface area (Å²) in [5.41, 5.74) is 5.62. The molecule has 1 aromatic carbocycles. The first kappa shape index (κ1) is 20.3. The van der Waals surface area contributed by atoms with E-state index in [2.05, 4.69) is 14.5 Å². The molecule has 0 bridgehead atoms. The maximum Gasteiger partial charge on any atom is 0.188 e. The number of methoxy groups -OCH3 is 1. The topological polar surface area (TPSA) is 57.0 Å². The van der Waals surface area contributed by atoms with E-state index in [4.69, 9.17) is 4.74 Å². The molecule has 0 saturated carbocycles. The molecule has 2 heterocycles. The molecule has 0 spiro atoms. The normalized spacial score (nSPS) is 11.0. The highest BCUT2D eigenvalue weighted by atomic mass is 32.2. The van der Waals surface area contributed by atoms with Crippen molar-refractivity contribution in [3.63, 3.8) is 0 Å². The molecule has 6 heteroatoms. The van der Waals surface area contributed by atoms with E-state index in [-0.39, 0.29) is 5.78 Å². The van der Waals surface area contributed by atoms with Crippen molar-refractivity contribution in [2.75, 3.05) is 19.5 Å². The standard InChI is InChI=1S/C22H25N3O2S/c1-15-12-20(18-8-6-5-7-9-18)24-22(23-15)28-14-21(26)19-13-16(2)25(17(19)3)10-11-27-4/h5-9,12-13H,10-11,14H2,1-4H3. The Labute approximate surface area is 170 Å². The minimum absolute atomic E-state index is 0.0909. The Morgan fingerprint density at radius 3 is 2.57 bits per heavy atom. The fourth-order valence-electron chi connectivity index (χ4n) is 3.18. The molecule has 0 N–H and O–H groups in total. The zero-order valence-corrected chi connectivity index (χ0v) is 17.5. The third kappa shape index (κ3) is 4.69. The third-order valence-corrected chi connectivity index (χ3v) is 5.48. The summed E-state index contributed by atoms with van der Waals surface area (Å²) in [5.74, 6) is 0.403. The van der Waals surface area contributed by atoms with Crippen molar-refractivity contribution in [1.82, 2.24) is 14.5 Å². The minimum atomic E-state index is 0.0909. The van der Waals surface area contributed by atoms with Gasteiger partial charge in [0.25, 0.3) is 0 Å². The van der Waals surface area contributed by atoms with Crippen molar-refractivity contribution < 1.29 is 9.53 Å². The Balaban J connectivity index is 1.74. The second-order valence-corrected chi connectivity index (χ2v) is 7.63. The monoisotopic (exact) mass is 395 g/mol. The average Bonchev–Trinajstić information content (AvgIpc) is 2.98. The number of aryl methyl sites for hydroxylation is 2. The molecule has 28 heavy (non-hydrogen) atoms. The largest absolute Gasteiger partial charge is 0.383 e. The summed E-state index contributed by atoms with van der Waals surface area (Å²) in [6.07, 6.45) is 0. The number of thioether (sulfide) groups is 1. The molecular weight excluding hydrogens is 370 g/mol. The van der Waals surface area contributed by atoms with Crippen LogP contribution in [-0.2, 0) is 11.3 Å². The Morgan fingerprint density at radius 2 is 1.86 bits per heavy atom. The molecule has 0 saturated heterocycles. The molecule has 2 aromatic heterocycles. The number of aromatic nitrogens is 3. The molecular formula is C22H25N3O2S. The summed E-state index contributed by atoms with van der Waals surface area (Å²) < 4.78 is 7.29. The van der Waals surface area contributed by atoms with E-state index in [1.54, 1.807) is 7.11 Å². The summed E-state index contributed by atoms with van der Waals surface area (Å²) in [7, 11) is 1.68. The molecule has 0 atom stereocenters.